The molecule has 0 radical (unpaired) electrons. The number of hydrogen-bond donors (Lipinski definition) is 0. The molecular formula is C16H11Cl2NS. The fourth-order valence-corrected chi connectivity index (χ4v) is 3.59. The van der Waals surface area contributed by atoms with E-state index in [1.807, 2.05) is 49.5 Å². The van der Waals surface area contributed by atoms with Crippen molar-refractivity contribution in [1.29, 1.82) is 0 Å². The molecule has 0 aliphatic heterocycles. The zero-order valence-electron chi connectivity index (χ0n) is 10.7. The van der Waals surface area contributed by atoms with Crippen LogP contribution in [-0.2, 0) is 0 Å². The molecule has 0 N–H and O–H groups in total. The summed E-state index contributed by atoms with van der Waals surface area (Å²) < 4.78 is 1.17. The molecule has 3 aromatic rings. The normalized spacial score (nSPS) is 11.6. The molecule has 0 unspecified atom stereocenters. The molecule has 0 spiro atoms. The van der Waals surface area contributed by atoms with E-state index in [9.17, 15) is 0 Å². The molecule has 2 aromatic carbocycles. The zero-order valence-corrected chi connectivity index (χ0v) is 13.1. The van der Waals surface area contributed by atoms with E-state index in [1.54, 1.807) is 11.3 Å². The average molecular weight is 320 g/mol. The number of aryl methyl sites for hydroxylation is 1. The third-order valence-corrected chi connectivity index (χ3v) is 4.90. The van der Waals surface area contributed by atoms with E-state index in [-0.39, 0.29) is 0 Å². The second-order valence-electron chi connectivity index (χ2n) is 4.47. The van der Waals surface area contributed by atoms with E-state index in [2.05, 4.69) is 11.1 Å². The first-order valence-corrected chi connectivity index (χ1v) is 7.69. The smallest absolute Gasteiger partial charge is 0.0680 e. The van der Waals surface area contributed by atoms with Gasteiger partial charge in [-0.15, -0.1) is 11.3 Å². The summed E-state index contributed by atoms with van der Waals surface area (Å²) in [5.74, 6) is 0. The summed E-state index contributed by atoms with van der Waals surface area (Å²) in [6.45, 7) is 1.99. The SMILES string of the molecule is Cc1cc(Cl)ccc1N=Cc1sc2ccccc2c1Cl. The molecule has 0 bridgehead atoms. The van der Waals surface area contributed by atoms with E-state index in [0.717, 1.165) is 31.6 Å². The lowest BCUT2D eigenvalue weighted by molar-refractivity contribution is 1.41. The van der Waals surface area contributed by atoms with Crippen molar-refractivity contribution in [3.05, 3.63) is 63.0 Å². The van der Waals surface area contributed by atoms with Gasteiger partial charge in [-0.3, -0.25) is 4.99 Å². The van der Waals surface area contributed by atoms with Gasteiger partial charge in [-0.05, 0) is 36.8 Å². The summed E-state index contributed by atoms with van der Waals surface area (Å²) in [7, 11) is 0. The van der Waals surface area contributed by atoms with Crippen molar-refractivity contribution >= 4 is 56.5 Å². The van der Waals surface area contributed by atoms with Crippen LogP contribution >= 0.6 is 34.5 Å². The van der Waals surface area contributed by atoms with Crippen molar-refractivity contribution < 1.29 is 0 Å². The molecule has 100 valence electrons. The van der Waals surface area contributed by atoms with Crippen molar-refractivity contribution in [3.8, 4) is 0 Å². The van der Waals surface area contributed by atoms with Gasteiger partial charge in [0.2, 0.25) is 0 Å². The summed E-state index contributed by atoms with van der Waals surface area (Å²) in [5, 5.41) is 2.57. The molecule has 0 aliphatic rings. The number of fused-ring (bicyclic) bond motifs is 1. The number of nitrogens with zero attached hydrogens (tertiary/aromatic N) is 1. The molecule has 1 nitrogen and oxygen atoms in total. The van der Waals surface area contributed by atoms with Crippen LogP contribution < -0.4 is 0 Å². The number of hydrogen-bond acceptors (Lipinski definition) is 2. The first-order valence-electron chi connectivity index (χ1n) is 6.12. The van der Waals surface area contributed by atoms with E-state index < -0.39 is 0 Å². The molecule has 0 amide bonds. The Kier molecular flexibility index (Phi) is 3.79. The minimum atomic E-state index is 0.723. The van der Waals surface area contributed by atoms with Crippen LogP contribution in [-0.4, -0.2) is 6.21 Å². The summed E-state index contributed by atoms with van der Waals surface area (Å²) >= 11 is 14.0. The number of thiophene rings is 1. The molecule has 20 heavy (non-hydrogen) atoms. The van der Waals surface area contributed by atoms with E-state index >= 15 is 0 Å². The topological polar surface area (TPSA) is 12.4 Å². The number of halogens is 2. The lowest BCUT2D eigenvalue weighted by Gasteiger charge is -1.99. The molecule has 4 heteroatoms. The highest BCUT2D eigenvalue weighted by atomic mass is 35.5. The average Bonchev–Trinajstić information content (AvgIpc) is 2.75. The van der Waals surface area contributed by atoms with Crippen molar-refractivity contribution in [3.63, 3.8) is 0 Å². The second kappa shape index (κ2) is 5.57. The maximum atomic E-state index is 6.39. The number of rotatable bonds is 2. The molecule has 1 heterocycles. The first-order chi connectivity index (χ1) is 9.65. The second-order valence-corrected chi connectivity index (χ2v) is 6.36. The van der Waals surface area contributed by atoms with Gasteiger partial charge in [0.1, 0.15) is 0 Å². The predicted octanol–water partition coefficient (Wildman–Crippen LogP) is 6.27. The monoisotopic (exact) mass is 319 g/mol. The Bertz CT molecular complexity index is 805. The van der Waals surface area contributed by atoms with Crippen molar-refractivity contribution in [2.24, 2.45) is 4.99 Å². The van der Waals surface area contributed by atoms with Crippen LogP contribution in [0.25, 0.3) is 10.1 Å². The molecule has 0 atom stereocenters. The Morgan fingerprint density at radius 1 is 1.10 bits per heavy atom. The molecular weight excluding hydrogens is 309 g/mol. The minimum absolute atomic E-state index is 0.723. The molecule has 3 rings (SSSR count). The molecule has 0 fully saturated rings. The van der Waals surface area contributed by atoms with Crippen LogP contribution in [0.1, 0.15) is 10.4 Å². The van der Waals surface area contributed by atoms with Gasteiger partial charge in [0.25, 0.3) is 0 Å². The van der Waals surface area contributed by atoms with Gasteiger partial charge >= 0.3 is 0 Å². The summed E-state index contributed by atoms with van der Waals surface area (Å²) in [6, 6.07) is 13.8. The fraction of sp³-hybridized carbons (Fsp3) is 0.0625. The summed E-state index contributed by atoms with van der Waals surface area (Å²) in [6.07, 6.45) is 1.82. The van der Waals surface area contributed by atoms with Gasteiger partial charge in [-0.2, -0.15) is 0 Å². The number of benzene rings is 2. The summed E-state index contributed by atoms with van der Waals surface area (Å²) in [5.41, 5.74) is 1.95. The maximum Gasteiger partial charge on any atom is 0.0680 e. The predicted molar refractivity (Wildman–Crippen MR) is 90.3 cm³/mol. The molecule has 1 aromatic heterocycles. The molecule has 0 saturated carbocycles. The van der Waals surface area contributed by atoms with Gasteiger partial charge in [0, 0.05) is 21.3 Å². The van der Waals surface area contributed by atoms with Crippen LogP contribution in [0.3, 0.4) is 0 Å². The largest absolute Gasteiger partial charge is 0.255 e. The van der Waals surface area contributed by atoms with Crippen molar-refractivity contribution in [2.75, 3.05) is 0 Å². The van der Waals surface area contributed by atoms with Gasteiger partial charge in [0.15, 0.2) is 0 Å². The Hall–Kier alpha value is -1.35. The lowest BCUT2D eigenvalue weighted by Crippen LogP contribution is -1.78. The Morgan fingerprint density at radius 3 is 2.65 bits per heavy atom. The minimum Gasteiger partial charge on any atom is -0.255 e. The third-order valence-electron chi connectivity index (χ3n) is 3.04. The van der Waals surface area contributed by atoms with Crippen LogP contribution in [0.4, 0.5) is 5.69 Å². The van der Waals surface area contributed by atoms with E-state index in [4.69, 9.17) is 23.2 Å². The lowest BCUT2D eigenvalue weighted by atomic mass is 10.2. The first kappa shape index (κ1) is 13.6. The van der Waals surface area contributed by atoms with E-state index in [1.165, 1.54) is 4.70 Å². The molecule has 0 aliphatic carbocycles. The standard InChI is InChI=1S/C16H11Cl2NS/c1-10-8-11(17)6-7-13(10)19-9-15-16(18)12-4-2-3-5-14(12)20-15/h2-9H,1H3. The van der Waals surface area contributed by atoms with Gasteiger partial charge in [0.05, 0.1) is 15.6 Å². The van der Waals surface area contributed by atoms with Crippen molar-refractivity contribution in [1.82, 2.24) is 0 Å². The van der Waals surface area contributed by atoms with Gasteiger partial charge in [-0.25, -0.2) is 0 Å². The zero-order chi connectivity index (χ0) is 14.1. The summed E-state index contributed by atoms with van der Waals surface area (Å²) in [4.78, 5) is 5.49. The maximum absolute atomic E-state index is 6.39. The Balaban J connectivity index is 2.00. The van der Waals surface area contributed by atoms with Crippen LogP contribution in [0.5, 0.6) is 0 Å². The Morgan fingerprint density at radius 2 is 1.90 bits per heavy atom. The van der Waals surface area contributed by atoms with Crippen LogP contribution in [0.2, 0.25) is 10.0 Å². The fourth-order valence-electron chi connectivity index (χ4n) is 2.01. The van der Waals surface area contributed by atoms with Crippen LogP contribution in [0, 0.1) is 6.92 Å². The highest BCUT2D eigenvalue weighted by Gasteiger charge is 2.07. The molecule has 0 saturated heterocycles. The van der Waals surface area contributed by atoms with Gasteiger partial charge in [-0.1, -0.05) is 41.4 Å². The third kappa shape index (κ3) is 2.59. The quantitative estimate of drug-likeness (QED) is 0.494. The van der Waals surface area contributed by atoms with E-state index in [0.29, 0.717) is 0 Å². The Labute approximate surface area is 131 Å². The van der Waals surface area contributed by atoms with Crippen molar-refractivity contribution in [2.45, 2.75) is 6.92 Å². The highest BCUT2D eigenvalue weighted by Crippen LogP contribution is 2.34. The number of aliphatic imine (C=N–C) groups is 1. The highest BCUT2D eigenvalue weighted by molar-refractivity contribution is 7.21. The van der Waals surface area contributed by atoms with Gasteiger partial charge < -0.3 is 0 Å². The van der Waals surface area contributed by atoms with Crippen LogP contribution in [0.15, 0.2) is 47.5 Å².